The summed E-state index contributed by atoms with van der Waals surface area (Å²) in [6, 6.07) is 7.73. The Kier molecular flexibility index (Phi) is 4.01. The molecule has 2 unspecified atom stereocenters. The summed E-state index contributed by atoms with van der Waals surface area (Å²) in [5, 5.41) is 11.9. The summed E-state index contributed by atoms with van der Waals surface area (Å²) < 4.78 is 17.8. The summed E-state index contributed by atoms with van der Waals surface area (Å²) in [5.74, 6) is 0.931. The first-order chi connectivity index (χ1) is 14.3. The van der Waals surface area contributed by atoms with Gasteiger partial charge in [0.25, 0.3) is 0 Å². The van der Waals surface area contributed by atoms with Crippen molar-refractivity contribution in [3.8, 4) is 11.5 Å². The highest BCUT2D eigenvalue weighted by atomic mass is 16.5. The molecule has 2 atom stereocenters. The largest absolute Gasteiger partial charge is 0.507 e. The lowest BCUT2D eigenvalue weighted by molar-refractivity contribution is 0.227. The first-order valence-corrected chi connectivity index (χ1v) is 10.2. The molecule has 0 saturated heterocycles. The van der Waals surface area contributed by atoms with E-state index in [2.05, 4.69) is 0 Å². The summed E-state index contributed by atoms with van der Waals surface area (Å²) in [5.41, 5.74) is 6.16. The second-order valence-corrected chi connectivity index (χ2v) is 8.46. The number of aliphatic hydroxyl groups excluding tert-OH is 1. The van der Waals surface area contributed by atoms with Crippen molar-refractivity contribution in [3.05, 3.63) is 73.6 Å². The number of fused-ring (bicyclic) bond motifs is 4. The molecular formula is C25H24O5. The van der Waals surface area contributed by atoms with Gasteiger partial charge in [0.05, 0.1) is 22.4 Å². The van der Waals surface area contributed by atoms with Crippen LogP contribution >= 0.6 is 0 Å². The Hall–Kier alpha value is -3.21. The first kappa shape index (κ1) is 18.8. The highest BCUT2D eigenvalue weighted by Crippen LogP contribution is 2.48. The van der Waals surface area contributed by atoms with Gasteiger partial charge in [0.2, 0.25) is 0 Å². The Bertz CT molecular complexity index is 1310. The van der Waals surface area contributed by atoms with Gasteiger partial charge >= 0.3 is 5.63 Å². The second-order valence-electron chi connectivity index (χ2n) is 8.46. The van der Waals surface area contributed by atoms with Gasteiger partial charge < -0.3 is 19.0 Å². The van der Waals surface area contributed by atoms with Gasteiger partial charge in [0.15, 0.2) is 0 Å². The molecular weight excluding hydrogens is 380 g/mol. The molecule has 0 radical (unpaired) electrons. The van der Waals surface area contributed by atoms with Crippen molar-refractivity contribution in [1.82, 2.24) is 0 Å². The molecule has 0 spiro atoms. The van der Waals surface area contributed by atoms with Gasteiger partial charge in [0, 0.05) is 5.57 Å². The van der Waals surface area contributed by atoms with Gasteiger partial charge in [-0.25, -0.2) is 4.79 Å². The van der Waals surface area contributed by atoms with Crippen LogP contribution in [0.25, 0.3) is 16.7 Å². The van der Waals surface area contributed by atoms with E-state index in [4.69, 9.17) is 13.9 Å². The number of aliphatic hydroxyl groups is 1. The molecule has 3 heterocycles. The molecule has 0 fully saturated rings. The molecule has 2 aliphatic heterocycles. The Labute approximate surface area is 174 Å². The zero-order chi connectivity index (χ0) is 21.3. The summed E-state index contributed by atoms with van der Waals surface area (Å²) in [6.07, 6.45) is -0.330. The maximum atomic E-state index is 13.0. The van der Waals surface area contributed by atoms with Crippen molar-refractivity contribution in [2.75, 3.05) is 6.61 Å². The normalized spacial score (nSPS) is 20.0. The molecule has 2 aliphatic rings. The molecule has 0 amide bonds. The van der Waals surface area contributed by atoms with Gasteiger partial charge in [-0.3, -0.25) is 0 Å². The van der Waals surface area contributed by atoms with E-state index in [1.807, 2.05) is 58.9 Å². The first-order valence-electron chi connectivity index (χ1n) is 10.2. The third kappa shape index (κ3) is 2.58. The molecule has 3 aromatic rings. The lowest BCUT2D eigenvalue weighted by Crippen LogP contribution is -2.25. The molecule has 0 aliphatic carbocycles. The molecule has 30 heavy (non-hydrogen) atoms. The average molecular weight is 404 g/mol. The number of hydrogen-bond acceptors (Lipinski definition) is 5. The van der Waals surface area contributed by atoms with Crippen LogP contribution in [0.5, 0.6) is 11.5 Å². The molecule has 5 heteroatoms. The topological polar surface area (TPSA) is 68.9 Å². The SMILES string of the molecule is Cc1cc2c(cc1C)C(O)=C(C1c3c(c4cc(C)c(C)cc4oc3=O)OC1C)CO2. The lowest BCUT2D eigenvalue weighted by Gasteiger charge is -2.26. The molecule has 1 N–H and O–H groups in total. The van der Waals surface area contributed by atoms with Gasteiger partial charge in [-0.1, -0.05) is 0 Å². The fraction of sp³-hybridized carbons (Fsp3) is 0.320. The van der Waals surface area contributed by atoms with Crippen LogP contribution in [0.15, 0.2) is 39.1 Å². The molecule has 0 bridgehead atoms. The highest BCUT2D eigenvalue weighted by Gasteiger charge is 2.42. The van der Waals surface area contributed by atoms with Crippen molar-refractivity contribution < 1.29 is 19.0 Å². The predicted molar refractivity (Wildman–Crippen MR) is 116 cm³/mol. The van der Waals surface area contributed by atoms with E-state index < -0.39 is 11.5 Å². The van der Waals surface area contributed by atoms with Crippen LogP contribution in [0.2, 0.25) is 0 Å². The quantitative estimate of drug-likeness (QED) is 0.561. The summed E-state index contributed by atoms with van der Waals surface area (Å²) in [6.45, 7) is 10.1. The van der Waals surface area contributed by atoms with Crippen molar-refractivity contribution in [2.24, 2.45) is 0 Å². The Balaban J connectivity index is 1.73. The van der Waals surface area contributed by atoms with Crippen LogP contribution in [0.1, 0.15) is 46.2 Å². The Morgan fingerprint density at radius 2 is 1.63 bits per heavy atom. The number of aryl methyl sites for hydroxylation is 4. The van der Waals surface area contributed by atoms with Crippen LogP contribution in [0, 0.1) is 27.7 Å². The van der Waals surface area contributed by atoms with Crippen molar-refractivity contribution in [1.29, 1.82) is 0 Å². The van der Waals surface area contributed by atoms with Crippen molar-refractivity contribution >= 4 is 16.7 Å². The minimum Gasteiger partial charge on any atom is -0.507 e. The van der Waals surface area contributed by atoms with Crippen LogP contribution in [-0.2, 0) is 0 Å². The van der Waals surface area contributed by atoms with Crippen LogP contribution in [0.4, 0.5) is 0 Å². The van der Waals surface area contributed by atoms with Gasteiger partial charge in [0.1, 0.15) is 35.6 Å². The number of ether oxygens (including phenoxy) is 2. The zero-order valence-electron chi connectivity index (χ0n) is 17.8. The third-order valence-corrected chi connectivity index (χ3v) is 6.51. The van der Waals surface area contributed by atoms with E-state index in [0.29, 0.717) is 33.8 Å². The molecule has 2 aromatic carbocycles. The molecule has 5 rings (SSSR count). The fourth-order valence-electron chi connectivity index (χ4n) is 4.51. The minimum absolute atomic E-state index is 0.159. The monoisotopic (exact) mass is 404 g/mol. The van der Waals surface area contributed by atoms with Crippen molar-refractivity contribution in [2.45, 2.75) is 46.6 Å². The van der Waals surface area contributed by atoms with Crippen molar-refractivity contribution in [3.63, 3.8) is 0 Å². The fourth-order valence-corrected chi connectivity index (χ4v) is 4.51. The Morgan fingerprint density at radius 3 is 2.40 bits per heavy atom. The molecule has 1 aromatic heterocycles. The predicted octanol–water partition coefficient (Wildman–Crippen LogP) is 5.25. The Morgan fingerprint density at radius 1 is 0.967 bits per heavy atom. The minimum atomic E-state index is -0.433. The van der Waals surface area contributed by atoms with E-state index in [0.717, 1.165) is 27.6 Å². The number of benzene rings is 2. The maximum Gasteiger partial charge on any atom is 0.344 e. The van der Waals surface area contributed by atoms with E-state index in [9.17, 15) is 9.90 Å². The second kappa shape index (κ2) is 6.39. The number of hydrogen-bond donors (Lipinski definition) is 1. The molecule has 154 valence electrons. The summed E-state index contributed by atoms with van der Waals surface area (Å²) >= 11 is 0. The van der Waals surface area contributed by atoms with E-state index >= 15 is 0 Å². The summed E-state index contributed by atoms with van der Waals surface area (Å²) in [4.78, 5) is 13.0. The van der Waals surface area contributed by atoms with Crippen LogP contribution < -0.4 is 15.1 Å². The van der Waals surface area contributed by atoms with E-state index in [-0.39, 0.29) is 18.5 Å². The van der Waals surface area contributed by atoms with Crippen LogP contribution in [0.3, 0.4) is 0 Å². The number of rotatable bonds is 1. The average Bonchev–Trinajstić information content (AvgIpc) is 3.03. The van der Waals surface area contributed by atoms with E-state index in [1.54, 1.807) is 0 Å². The maximum absolute atomic E-state index is 13.0. The lowest BCUT2D eigenvalue weighted by atomic mass is 9.85. The standard InChI is InChI=1S/C25H24O5/c1-11-6-16-19(8-13(11)3)28-10-18(23(16)26)21-15(5)29-24-17-7-12(2)14(4)9-20(17)30-25(27)22(21)24/h6-9,15,21,26H,10H2,1-5H3. The van der Waals surface area contributed by atoms with E-state index in [1.165, 1.54) is 0 Å². The summed E-state index contributed by atoms with van der Waals surface area (Å²) in [7, 11) is 0. The zero-order valence-corrected chi connectivity index (χ0v) is 17.8. The smallest absolute Gasteiger partial charge is 0.344 e. The van der Waals surface area contributed by atoms with Gasteiger partial charge in [-0.15, -0.1) is 0 Å². The van der Waals surface area contributed by atoms with Gasteiger partial charge in [-0.05, 0) is 81.1 Å². The van der Waals surface area contributed by atoms with Crippen LogP contribution in [-0.4, -0.2) is 17.8 Å². The highest BCUT2D eigenvalue weighted by molar-refractivity contribution is 5.87. The third-order valence-electron chi connectivity index (χ3n) is 6.51. The molecule has 5 nitrogen and oxygen atoms in total. The molecule has 0 saturated carbocycles. The van der Waals surface area contributed by atoms with Gasteiger partial charge in [-0.2, -0.15) is 0 Å².